The Morgan fingerprint density at radius 2 is 1.96 bits per heavy atom. The molecule has 7 nitrogen and oxygen atoms in total. The van der Waals surface area contributed by atoms with Crippen LogP contribution in [0.1, 0.15) is 6.42 Å². The Hall–Kier alpha value is -2.71. The highest BCUT2D eigenvalue weighted by Crippen LogP contribution is 2.38. The SMILES string of the molecule is NC(=O)COc1ccc(NC(=O)CC2Sc3ccc(Cl)cc3NC2=O)cc1. The van der Waals surface area contributed by atoms with Crippen LogP contribution in [0.15, 0.2) is 47.4 Å². The van der Waals surface area contributed by atoms with Crippen molar-refractivity contribution in [2.75, 3.05) is 17.2 Å². The Labute approximate surface area is 164 Å². The fraction of sp³-hybridized carbons (Fsp3) is 0.167. The van der Waals surface area contributed by atoms with E-state index >= 15 is 0 Å². The molecule has 1 aliphatic rings. The highest BCUT2D eigenvalue weighted by Gasteiger charge is 2.29. The predicted octanol–water partition coefficient (Wildman–Crippen LogP) is 2.65. The Morgan fingerprint density at radius 3 is 2.67 bits per heavy atom. The summed E-state index contributed by atoms with van der Waals surface area (Å²) in [6.07, 6.45) is 0.0263. The van der Waals surface area contributed by atoms with E-state index in [0.29, 0.717) is 22.1 Å². The van der Waals surface area contributed by atoms with Crippen LogP contribution in [0.3, 0.4) is 0 Å². The summed E-state index contributed by atoms with van der Waals surface area (Å²) in [5.74, 6) is -0.630. The lowest BCUT2D eigenvalue weighted by Crippen LogP contribution is -2.32. The summed E-state index contributed by atoms with van der Waals surface area (Å²) in [6.45, 7) is -0.216. The average Bonchev–Trinajstić information content (AvgIpc) is 2.62. The second-order valence-electron chi connectivity index (χ2n) is 5.77. The van der Waals surface area contributed by atoms with Crippen molar-refractivity contribution in [3.05, 3.63) is 47.5 Å². The molecule has 3 amide bonds. The monoisotopic (exact) mass is 405 g/mol. The number of hydrogen-bond donors (Lipinski definition) is 3. The van der Waals surface area contributed by atoms with Crippen molar-refractivity contribution in [1.82, 2.24) is 0 Å². The summed E-state index contributed by atoms with van der Waals surface area (Å²) in [4.78, 5) is 36.1. The molecule has 3 rings (SSSR count). The maximum absolute atomic E-state index is 12.3. The van der Waals surface area contributed by atoms with Crippen LogP contribution < -0.4 is 21.1 Å². The number of hydrogen-bond acceptors (Lipinski definition) is 5. The van der Waals surface area contributed by atoms with Crippen molar-refractivity contribution >= 4 is 52.5 Å². The highest BCUT2D eigenvalue weighted by atomic mass is 35.5. The number of benzene rings is 2. The molecule has 2 aromatic carbocycles. The number of primary amides is 1. The molecule has 1 heterocycles. The van der Waals surface area contributed by atoms with Gasteiger partial charge in [-0.1, -0.05) is 11.6 Å². The van der Waals surface area contributed by atoms with Gasteiger partial charge >= 0.3 is 0 Å². The van der Waals surface area contributed by atoms with Gasteiger partial charge in [0, 0.05) is 22.0 Å². The van der Waals surface area contributed by atoms with Crippen LogP contribution in [-0.4, -0.2) is 29.6 Å². The van der Waals surface area contributed by atoms with Crippen LogP contribution in [0.4, 0.5) is 11.4 Å². The number of ether oxygens (including phenoxy) is 1. The number of fused-ring (bicyclic) bond motifs is 1. The quantitative estimate of drug-likeness (QED) is 0.684. The van der Waals surface area contributed by atoms with Crippen LogP contribution in [0.2, 0.25) is 5.02 Å². The van der Waals surface area contributed by atoms with E-state index in [2.05, 4.69) is 10.6 Å². The van der Waals surface area contributed by atoms with Crippen LogP contribution >= 0.6 is 23.4 Å². The standard InChI is InChI=1S/C18H16ClN3O4S/c19-10-1-6-14-13(7-10)22-18(25)15(27-14)8-17(24)21-11-2-4-12(5-3-11)26-9-16(20)23/h1-7,15H,8-9H2,(H2,20,23)(H,21,24)(H,22,25). The minimum absolute atomic E-state index is 0.0263. The fourth-order valence-corrected chi connectivity index (χ4v) is 3.69. The molecule has 1 atom stereocenters. The molecule has 27 heavy (non-hydrogen) atoms. The smallest absolute Gasteiger partial charge is 0.255 e. The van der Waals surface area contributed by atoms with Crippen molar-refractivity contribution in [3.63, 3.8) is 0 Å². The summed E-state index contributed by atoms with van der Waals surface area (Å²) in [5.41, 5.74) is 6.22. The lowest BCUT2D eigenvalue weighted by atomic mass is 10.2. The largest absolute Gasteiger partial charge is 0.484 e. The molecular weight excluding hydrogens is 390 g/mol. The zero-order chi connectivity index (χ0) is 19.4. The van der Waals surface area contributed by atoms with Crippen LogP contribution in [0.5, 0.6) is 5.75 Å². The Kier molecular flexibility index (Phi) is 5.88. The van der Waals surface area contributed by atoms with E-state index in [1.807, 2.05) is 6.07 Å². The van der Waals surface area contributed by atoms with E-state index in [1.54, 1.807) is 36.4 Å². The Morgan fingerprint density at radius 1 is 1.22 bits per heavy atom. The minimum Gasteiger partial charge on any atom is -0.484 e. The molecular formula is C18H16ClN3O4S. The fourth-order valence-electron chi connectivity index (χ4n) is 2.43. The second kappa shape index (κ2) is 8.32. The van der Waals surface area contributed by atoms with Gasteiger partial charge in [-0.15, -0.1) is 11.8 Å². The van der Waals surface area contributed by atoms with Crippen molar-refractivity contribution < 1.29 is 19.1 Å². The number of rotatable bonds is 6. The van der Waals surface area contributed by atoms with E-state index in [1.165, 1.54) is 11.8 Å². The molecule has 1 aliphatic heterocycles. The Balaban J connectivity index is 1.57. The molecule has 0 fully saturated rings. The number of anilines is 2. The molecule has 0 saturated heterocycles. The van der Waals surface area contributed by atoms with Crippen LogP contribution in [0.25, 0.3) is 0 Å². The van der Waals surface area contributed by atoms with Gasteiger partial charge in [0.15, 0.2) is 6.61 Å². The van der Waals surface area contributed by atoms with E-state index in [0.717, 1.165) is 4.90 Å². The molecule has 0 aliphatic carbocycles. The van der Waals surface area contributed by atoms with E-state index in [9.17, 15) is 14.4 Å². The van der Waals surface area contributed by atoms with E-state index in [4.69, 9.17) is 22.1 Å². The number of carbonyl (C=O) groups excluding carboxylic acids is 3. The van der Waals surface area contributed by atoms with Gasteiger partial charge in [-0.3, -0.25) is 14.4 Å². The molecule has 9 heteroatoms. The lowest BCUT2D eigenvalue weighted by molar-refractivity contribution is -0.120. The van der Waals surface area contributed by atoms with Gasteiger partial charge in [0.05, 0.1) is 10.9 Å². The number of halogens is 1. The molecule has 2 aromatic rings. The summed E-state index contributed by atoms with van der Waals surface area (Å²) in [6, 6.07) is 11.7. The maximum atomic E-state index is 12.3. The van der Waals surface area contributed by atoms with Gasteiger partial charge in [-0.2, -0.15) is 0 Å². The minimum atomic E-state index is -0.570. The number of carbonyl (C=O) groups is 3. The number of nitrogens with two attached hydrogens (primary N) is 1. The third-order valence-electron chi connectivity index (χ3n) is 3.65. The average molecular weight is 406 g/mol. The molecule has 0 aromatic heterocycles. The van der Waals surface area contributed by atoms with Gasteiger partial charge in [-0.25, -0.2) is 0 Å². The highest BCUT2D eigenvalue weighted by molar-refractivity contribution is 8.01. The summed E-state index contributed by atoms with van der Waals surface area (Å²) in [7, 11) is 0. The van der Waals surface area contributed by atoms with E-state index in [-0.39, 0.29) is 24.8 Å². The van der Waals surface area contributed by atoms with Gasteiger partial charge in [-0.05, 0) is 42.5 Å². The van der Waals surface area contributed by atoms with Crippen molar-refractivity contribution in [2.45, 2.75) is 16.6 Å². The first kappa shape index (κ1) is 19.1. The molecule has 0 spiro atoms. The van der Waals surface area contributed by atoms with Gasteiger partial charge in [0.25, 0.3) is 5.91 Å². The van der Waals surface area contributed by atoms with Gasteiger partial charge in [0.2, 0.25) is 11.8 Å². The second-order valence-corrected chi connectivity index (χ2v) is 7.45. The third-order valence-corrected chi connectivity index (χ3v) is 5.16. The van der Waals surface area contributed by atoms with Crippen LogP contribution in [-0.2, 0) is 14.4 Å². The summed E-state index contributed by atoms with van der Waals surface area (Å²) < 4.78 is 5.15. The number of thioether (sulfide) groups is 1. The first-order chi connectivity index (χ1) is 12.9. The normalized spacial score (nSPS) is 15.4. The third kappa shape index (κ3) is 5.15. The zero-order valence-electron chi connectivity index (χ0n) is 14.0. The number of amides is 3. The van der Waals surface area contributed by atoms with Crippen molar-refractivity contribution in [3.8, 4) is 5.75 Å². The van der Waals surface area contributed by atoms with Crippen LogP contribution in [0, 0.1) is 0 Å². The summed E-state index contributed by atoms with van der Waals surface area (Å²) >= 11 is 7.25. The molecule has 1 unspecified atom stereocenters. The topological polar surface area (TPSA) is 111 Å². The summed E-state index contributed by atoms with van der Waals surface area (Å²) in [5, 5.41) is 5.51. The van der Waals surface area contributed by atoms with Gasteiger partial charge in [0.1, 0.15) is 5.75 Å². The molecule has 0 saturated carbocycles. The molecule has 0 radical (unpaired) electrons. The Bertz CT molecular complexity index is 889. The number of nitrogens with one attached hydrogen (secondary N) is 2. The molecule has 0 bridgehead atoms. The van der Waals surface area contributed by atoms with E-state index < -0.39 is 11.2 Å². The van der Waals surface area contributed by atoms with Crippen molar-refractivity contribution in [1.29, 1.82) is 0 Å². The van der Waals surface area contributed by atoms with Crippen molar-refractivity contribution in [2.24, 2.45) is 5.73 Å². The first-order valence-electron chi connectivity index (χ1n) is 7.99. The zero-order valence-corrected chi connectivity index (χ0v) is 15.6. The first-order valence-corrected chi connectivity index (χ1v) is 9.24. The van der Waals surface area contributed by atoms with Gasteiger partial charge < -0.3 is 21.1 Å². The molecule has 140 valence electrons. The predicted molar refractivity (Wildman–Crippen MR) is 104 cm³/mol. The maximum Gasteiger partial charge on any atom is 0.255 e. The molecule has 4 N–H and O–H groups in total. The lowest BCUT2D eigenvalue weighted by Gasteiger charge is -2.23.